The maximum absolute atomic E-state index is 11.0. The quantitative estimate of drug-likeness (QED) is 0.667. The number of hydrogen-bond donors (Lipinski definition) is 3. The number of carbonyl (C=O) groups is 1. The van der Waals surface area contributed by atoms with Crippen LogP contribution in [0.25, 0.3) is 11.1 Å². The molecule has 0 amide bonds. The van der Waals surface area contributed by atoms with Crippen molar-refractivity contribution in [1.82, 2.24) is 10.3 Å². The first-order valence-corrected chi connectivity index (χ1v) is 5.69. The number of aromatic nitrogens is 1. The second kappa shape index (κ2) is 5.50. The molecule has 0 aliphatic rings. The molecule has 1 aromatic carbocycles. The van der Waals surface area contributed by atoms with Crippen LogP contribution in [-0.4, -0.2) is 22.6 Å². The van der Waals surface area contributed by atoms with Crippen molar-refractivity contribution in [2.45, 2.75) is 19.4 Å². The van der Waals surface area contributed by atoms with Gasteiger partial charge in [0.05, 0.1) is 5.52 Å². The number of rotatable bonds is 6. The Balaban J connectivity index is 1.87. The number of nitrogens with one attached hydrogen (secondary N) is 2. The normalized spacial score (nSPS) is 10.9. The third-order valence-electron chi connectivity index (χ3n) is 2.56. The lowest BCUT2D eigenvalue weighted by Gasteiger charge is -2.03. The van der Waals surface area contributed by atoms with E-state index in [1.54, 1.807) is 12.1 Å². The summed E-state index contributed by atoms with van der Waals surface area (Å²) in [6, 6.07) is 5.46. The van der Waals surface area contributed by atoms with Crippen LogP contribution in [0.1, 0.15) is 18.4 Å². The molecule has 3 N–H and O–H groups in total. The molecule has 0 unspecified atom stereocenters. The standard InChI is InChI=1S/C12H14N2O4/c15-11(16)2-1-5-13-7-8-3-4-9-10(6-8)18-12(17)14-9/h3-4,6,13H,1-2,5,7H2,(H,14,17)(H,15,16). The summed E-state index contributed by atoms with van der Waals surface area (Å²) in [7, 11) is 0. The van der Waals surface area contributed by atoms with Crippen LogP contribution < -0.4 is 11.1 Å². The average molecular weight is 250 g/mol. The van der Waals surface area contributed by atoms with Gasteiger partial charge in [0.25, 0.3) is 0 Å². The first-order chi connectivity index (χ1) is 8.65. The van der Waals surface area contributed by atoms with Crippen LogP contribution in [0.15, 0.2) is 27.4 Å². The minimum Gasteiger partial charge on any atom is -0.481 e. The zero-order valence-electron chi connectivity index (χ0n) is 9.73. The molecule has 0 saturated heterocycles. The SMILES string of the molecule is O=C(O)CCCNCc1ccc2[nH]c(=O)oc2c1. The molecule has 0 atom stereocenters. The number of H-pyrrole nitrogens is 1. The lowest BCUT2D eigenvalue weighted by molar-refractivity contribution is -0.137. The molecule has 6 heteroatoms. The van der Waals surface area contributed by atoms with Crippen molar-refractivity contribution in [3.63, 3.8) is 0 Å². The van der Waals surface area contributed by atoms with Crippen molar-refractivity contribution < 1.29 is 14.3 Å². The van der Waals surface area contributed by atoms with Gasteiger partial charge in [0, 0.05) is 13.0 Å². The Bertz CT molecular complexity index is 599. The van der Waals surface area contributed by atoms with Gasteiger partial charge < -0.3 is 14.8 Å². The highest BCUT2D eigenvalue weighted by Crippen LogP contribution is 2.11. The van der Waals surface area contributed by atoms with E-state index in [0.29, 0.717) is 30.6 Å². The Hall–Kier alpha value is -2.08. The summed E-state index contributed by atoms with van der Waals surface area (Å²) in [5, 5.41) is 11.6. The highest BCUT2D eigenvalue weighted by atomic mass is 16.4. The number of aliphatic carboxylic acids is 1. The van der Waals surface area contributed by atoms with Crippen LogP contribution >= 0.6 is 0 Å². The van der Waals surface area contributed by atoms with Crippen molar-refractivity contribution in [3.05, 3.63) is 34.3 Å². The van der Waals surface area contributed by atoms with Gasteiger partial charge in [-0.05, 0) is 30.7 Å². The number of hydrogen-bond acceptors (Lipinski definition) is 4. The largest absolute Gasteiger partial charge is 0.481 e. The number of carboxylic acids is 1. The number of benzene rings is 1. The first-order valence-electron chi connectivity index (χ1n) is 5.69. The molecular formula is C12H14N2O4. The molecule has 0 bridgehead atoms. The molecule has 2 aromatic rings. The molecular weight excluding hydrogens is 236 g/mol. The minimum atomic E-state index is -0.785. The number of oxazole rings is 1. The maximum atomic E-state index is 11.0. The third kappa shape index (κ3) is 3.21. The van der Waals surface area contributed by atoms with E-state index in [9.17, 15) is 9.59 Å². The van der Waals surface area contributed by atoms with Gasteiger partial charge in [0.1, 0.15) is 0 Å². The maximum Gasteiger partial charge on any atom is 0.417 e. The summed E-state index contributed by atoms with van der Waals surface area (Å²) in [6.45, 7) is 1.26. The Labute approximate surface area is 103 Å². The topological polar surface area (TPSA) is 95.3 Å². The second-order valence-electron chi connectivity index (χ2n) is 4.02. The summed E-state index contributed by atoms with van der Waals surface area (Å²) in [4.78, 5) is 23.8. The van der Waals surface area contributed by atoms with Crippen LogP contribution in [0.2, 0.25) is 0 Å². The van der Waals surface area contributed by atoms with Gasteiger partial charge in [-0.1, -0.05) is 6.07 Å². The number of fused-ring (bicyclic) bond motifs is 1. The molecule has 1 heterocycles. The van der Waals surface area contributed by atoms with E-state index in [2.05, 4.69) is 10.3 Å². The molecule has 0 fully saturated rings. The van der Waals surface area contributed by atoms with Gasteiger partial charge in [-0.2, -0.15) is 0 Å². The Morgan fingerprint density at radius 1 is 1.44 bits per heavy atom. The van der Waals surface area contributed by atoms with Crippen molar-refractivity contribution >= 4 is 17.1 Å². The second-order valence-corrected chi connectivity index (χ2v) is 4.02. The van der Waals surface area contributed by atoms with E-state index in [4.69, 9.17) is 9.52 Å². The van der Waals surface area contributed by atoms with Crippen LogP contribution in [-0.2, 0) is 11.3 Å². The molecule has 6 nitrogen and oxygen atoms in total. The Morgan fingerprint density at radius 3 is 3.06 bits per heavy atom. The van der Waals surface area contributed by atoms with Crippen molar-refractivity contribution in [2.75, 3.05) is 6.54 Å². The summed E-state index contributed by atoms with van der Waals surface area (Å²) >= 11 is 0. The van der Waals surface area contributed by atoms with Gasteiger partial charge in [0.2, 0.25) is 0 Å². The monoisotopic (exact) mass is 250 g/mol. The molecule has 0 aliphatic carbocycles. The summed E-state index contributed by atoms with van der Waals surface area (Å²) in [6.07, 6.45) is 0.759. The van der Waals surface area contributed by atoms with Gasteiger partial charge in [-0.25, -0.2) is 4.79 Å². The zero-order valence-corrected chi connectivity index (χ0v) is 9.73. The van der Waals surface area contributed by atoms with E-state index < -0.39 is 11.7 Å². The third-order valence-corrected chi connectivity index (χ3v) is 2.56. The number of aromatic amines is 1. The van der Waals surface area contributed by atoms with E-state index in [1.807, 2.05) is 6.07 Å². The van der Waals surface area contributed by atoms with Gasteiger partial charge in [-0.3, -0.25) is 9.78 Å². The van der Waals surface area contributed by atoms with Crippen LogP contribution in [0.4, 0.5) is 0 Å². The predicted molar refractivity (Wildman–Crippen MR) is 65.4 cm³/mol. The minimum absolute atomic E-state index is 0.165. The van der Waals surface area contributed by atoms with E-state index in [-0.39, 0.29) is 6.42 Å². The van der Waals surface area contributed by atoms with Gasteiger partial charge in [0.15, 0.2) is 5.58 Å². The summed E-state index contributed by atoms with van der Waals surface area (Å²) in [5.41, 5.74) is 2.19. The average Bonchev–Trinajstić information content (AvgIpc) is 2.67. The first kappa shape index (κ1) is 12.4. The molecule has 0 saturated carbocycles. The molecule has 18 heavy (non-hydrogen) atoms. The van der Waals surface area contributed by atoms with E-state index in [1.165, 1.54) is 0 Å². The van der Waals surface area contributed by atoms with Crippen molar-refractivity contribution in [3.8, 4) is 0 Å². The van der Waals surface area contributed by atoms with Crippen LogP contribution in [0.3, 0.4) is 0 Å². The van der Waals surface area contributed by atoms with Gasteiger partial charge in [-0.15, -0.1) is 0 Å². The Kier molecular flexibility index (Phi) is 3.78. The summed E-state index contributed by atoms with van der Waals surface area (Å²) in [5.74, 6) is -1.25. The fourth-order valence-electron chi connectivity index (χ4n) is 1.70. The molecule has 1 aromatic heterocycles. The molecule has 96 valence electrons. The smallest absolute Gasteiger partial charge is 0.417 e. The van der Waals surface area contributed by atoms with Gasteiger partial charge >= 0.3 is 11.7 Å². The Morgan fingerprint density at radius 2 is 2.28 bits per heavy atom. The highest BCUT2D eigenvalue weighted by molar-refractivity contribution is 5.72. The lowest BCUT2D eigenvalue weighted by atomic mass is 10.2. The molecule has 0 radical (unpaired) electrons. The van der Waals surface area contributed by atoms with E-state index in [0.717, 1.165) is 5.56 Å². The highest BCUT2D eigenvalue weighted by Gasteiger charge is 2.02. The van der Waals surface area contributed by atoms with E-state index >= 15 is 0 Å². The zero-order chi connectivity index (χ0) is 13.0. The fraction of sp³-hybridized carbons (Fsp3) is 0.333. The molecule has 0 spiro atoms. The molecule has 2 rings (SSSR count). The lowest BCUT2D eigenvalue weighted by Crippen LogP contribution is -2.15. The molecule has 0 aliphatic heterocycles. The van der Waals surface area contributed by atoms with Crippen molar-refractivity contribution in [1.29, 1.82) is 0 Å². The van der Waals surface area contributed by atoms with Crippen LogP contribution in [0.5, 0.6) is 0 Å². The predicted octanol–water partition coefficient (Wildman–Crippen LogP) is 1.08. The summed E-state index contributed by atoms with van der Waals surface area (Å²) < 4.78 is 4.95. The fourth-order valence-corrected chi connectivity index (χ4v) is 1.70. The van der Waals surface area contributed by atoms with Crippen molar-refractivity contribution in [2.24, 2.45) is 0 Å². The van der Waals surface area contributed by atoms with Crippen LogP contribution in [0, 0.1) is 0 Å². The number of carboxylic acid groups (broad SMARTS) is 1.